The number of rotatable bonds is 8. The van der Waals surface area contributed by atoms with Crippen molar-refractivity contribution in [1.29, 1.82) is 0 Å². The molecule has 0 atom stereocenters. The van der Waals surface area contributed by atoms with Crippen LogP contribution in [0.4, 0.5) is 10.3 Å². The maximum atomic E-state index is 12.9. The molecule has 1 amide bonds. The van der Waals surface area contributed by atoms with E-state index in [0.29, 0.717) is 23.4 Å². The minimum absolute atomic E-state index is 0.161. The quantitative estimate of drug-likeness (QED) is 0.305. The molecule has 8 nitrogen and oxygen atoms in total. The number of H-pyrrole nitrogens is 1. The maximum Gasteiger partial charge on any atom is 0.240 e. The van der Waals surface area contributed by atoms with Crippen molar-refractivity contribution in [3.05, 3.63) is 65.7 Å². The Morgan fingerprint density at radius 3 is 2.82 bits per heavy atom. The highest BCUT2D eigenvalue weighted by molar-refractivity contribution is 7.99. The molecule has 0 saturated heterocycles. The van der Waals surface area contributed by atoms with E-state index in [-0.39, 0.29) is 17.5 Å². The Morgan fingerprint density at radius 1 is 1.25 bits per heavy atom. The van der Waals surface area contributed by atoms with Crippen LogP contribution >= 0.6 is 11.8 Å². The van der Waals surface area contributed by atoms with Gasteiger partial charge in [0.2, 0.25) is 17.0 Å². The largest absolute Gasteiger partial charge is 0.351 e. The van der Waals surface area contributed by atoms with Crippen molar-refractivity contribution in [3.8, 4) is 0 Å². The fourth-order valence-corrected chi connectivity index (χ4v) is 2.74. The zero-order valence-electron chi connectivity index (χ0n) is 15.0. The van der Waals surface area contributed by atoms with Gasteiger partial charge in [-0.3, -0.25) is 9.78 Å². The summed E-state index contributed by atoms with van der Waals surface area (Å²) in [6.07, 6.45) is 1.69. The molecule has 0 aliphatic rings. The maximum absolute atomic E-state index is 12.9. The summed E-state index contributed by atoms with van der Waals surface area (Å²) in [5.74, 6) is 0.0516. The topological polar surface area (TPSA) is 108 Å². The average molecular weight is 399 g/mol. The van der Waals surface area contributed by atoms with Crippen LogP contribution in [-0.2, 0) is 11.3 Å². The highest BCUT2D eigenvalue weighted by Crippen LogP contribution is 2.14. The van der Waals surface area contributed by atoms with Crippen LogP contribution in [0.1, 0.15) is 18.2 Å². The predicted octanol–water partition coefficient (Wildman–Crippen LogP) is 2.58. The molecule has 1 aromatic carbocycles. The van der Waals surface area contributed by atoms with Crippen LogP contribution in [0.5, 0.6) is 0 Å². The van der Waals surface area contributed by atoms with E-state index in [1.54, 1.807) is 18.3 Å². The highest BCUT2D eigenvalue weighted by atomic mass is 32.2. The van der Waals surface area contributed by atoms with E-state index >= 15 is 0 Å². The molecule has 3 rings (SSSR count). The van der Waals surface area contributed by atoms with E-state index < -0.39 is 0 Å². The number of nitrogens with zero attached hydrogens (tertiary/aromatic N) is 4. The molecule has 0 bridgehead atoms. The van der Waals surface area contributed by atoms with Gasteiger partial charge in [0.05, 0.1) is 17.2 Å². The van der Waals surface area contributed by atoms with Crippen LogP contribution in [0.25, 0.3) is 0 Å². The van der Waals surface area contributed by atoms with Gasteiger partial charge in [0.25, 0.3) is 0 Å². The lowest BCUT2D eigenvalue weighted by atomic mass is 10.2. The molecule has 2 aromatic heterocycles. The third kappa shape index (κ3) is 5.88. The van der Waals surface area contributed by atoms with Crippen molar-refractivity contribution in [2.24, 2.45) is 5.10 Å². The standard InChI is InChI=1S/C18H18FN7OS/c1-12(15-4-2-3-9-20-15)23-24-17-22-18(26-25-17)28-11-16(27)21-10-13-5-7-14(19)8-6-13/h2-9H,10-11H2,1H3,(H,21,27)(H2,22,24,25,26)/b23-12+. The number of pyridine rings is 1. The van der Waals surface area contributed by atoms with Crippen LogP contribution in [0.2, 0.25) is 0 Å². The van der Waals surface area contributed by atoms with Crippen molar-refractivity contribution < 1.29 is 9.18 Å². The summed E-state index contributed by atoms with van der Waals surface area (Å²) >= 11 is 1.19. The molecule has 0 radical (unpaired) electrons. The van der Waals surface area contributed by atoms with Crippen LogP contribution in [0.3, 0.4) is 0 Å². The van der Waals surface area contributed by atoms with Gasteiger partial charge in [0, 0.05) is 12.7 Å². The monoisotopic (exact) mass is 399 g/mol. The molecule has 144 valence electrons. The zero-order chi connectivity index (χ0) is 19.8. The van der Waals surface area contributed by atoms with Gasteiger partial charge < -0.3 is 5.32 Å². The SMILES string of the molecule is C/C(=N\Nc1nc(SCC(=O)NCc2ccc(F)cc2)n[nH]1)c1ccccn1. The summed E-state index contributed by atoms with van der Waals surface area (Å²) in [5.41, 5.74) is 5.05. The van der Waals surface area contributed by atoms with Crippen molar-refractivity contribution in [2.45, 2.75) is 18.6 Å². The van der Waals surface area contributed by atoms with Gasteiger partial charge in [-0.25, -0.2) is 14.9 Å². The van der Waals surface area contributed by atoms with Gasteiger partial charge in [0.1, 0.15) is 5.82 Å². The number of anilines is 1. The normalized spacial score (nSPS) is 11.3. The molecule has 2 heterocycles. The van der Waals surface area contributed by atoms with Crippen LogP contribution in [0, 0.1) is 5.82 Å². The summed E-state index contributed by atoms with van der Waals surface area (Å²) in [6, 6.07) is 11.5. The Kier molecular flexibility index (Phi) is 6.68. The number of halogens is 1. The summed E-state index contributed by atoms with van der Waals surface area (Å²) in [6.45, 7) is 2.16. The van der Waals surface area contributed by atoms with E-state index in [1.165, 1.54) is 23.9 Å². The number of nitrogens with one attached hydrogen (secondary N) is 3. The first-order valence-electron chi connectivity index (χ1n) is 8.38. The first kappa shape index (κ1) is 19.5. The molecule has 0 spiro atoms. The summed E-state index contributed by atoms with van der Waals surface area (Å²) < 4.78 is 12.9. The number of carbonyl (C=O) groups excluding carboxylic acids is 1. The Morgan fingerprint density at radius 2 is 2.07 bits per heavy atom. The van der Waals surface area contributed by atoms with Gasteiger partial charge in [-0.1, -0.05) is 30.0 Å². The second-order valence-electron chi connectivity index (χ2n) is 5.68. The van der Waals surface area contributed by atoms with Crippen LogP contribution in [0.15, 0.2) is 58.9 Å². The molecule has 0 fully saturated rings. The average Bonchev–Trinajstić information content (AvgIpc) is 3.18. The molecule has 3 N–H and O–H groups in total. The Labute approximate surface area is 165 Å². The van der Waals surface area contributed by atoms with E-state index in [4.69, 9.17) is 0 Å². The van der Waals surface area contributed by atoms with Crippen LogP contribution < -0.4 is 10.7 Å². The van der Waals surface area contributed by atoms with Crippen molar-refractivity contribution in [3.63, 3.8) is 0 Å². The third-order valence-electron chi connectivity index (χ3n) is 3.57. The number of hydrogen-bond donors (Lipinski definition) is 3. The van der Waals surface area contributed by atoms with Crippen molar-refractivity contribution >= 4 is 29.3 Å². The molecule has 0 unspecified atom stereocenters. The summed E-state index contributed by atoms with van der Waals surface area (Å²) in [5, 5.41) is 14.1. The fourth-order valence-electron chi connectivity index (χ4n) is 2.12. The minimum Gasteiger partial charge on any atom is -0.351 e. The summed E-state index contributed by atoms with van der Waals surface area (Å²) in [4.78, 5) is 20.3. The Bertz CT molecular complexity index is 944. The van der Waals surface area contributed by atoms with Crippen molar-refractivity contribution in [2.75, 3.05) is 11.2 Å². The molecular weight excluding hydrogens is 381 g/mol. The summed E-state index contributed by atoms with van der Waals surface area (Å²) in [7, 11) is 0. The lowest BCUT2D eigenvalue weighted by Crippen LogP contribution is -2.24. The van der Waals surface area contributed by atoms with E-state index in [0.717, 1.165) is 11.3 Å². The molecule has 28 heavy (non-hydrogen) atoms. The third-order valence-corrected chi connectivity index (χ3v) is 4.41. The lowest BCUT2D eigenvalue weighted by molar-refractivity contribution is -0.118. The van der Waals surface area contributed by atoms with Crippen LogP contribution in [-0.4, -0.2) is 37.5 Å². The van der Waals surface area contributed by atoms with Gasteiger partial charge in [-0.2, -0.15) is 10.1 Å². The fraction of sp³-hybridized carbons (Fsp3) is 0.167. The number of carbonyl (C=O) groups is 1. The number of hydrogen-bond acceptors (Lipinski definition) is 7. The van der Waals surface area contributed by atoms with Gasteiger partial charge >= 0.3 is 0 Å². The van der Waals surface area contributed by atoms with Gasteiger partial charge in [-0.15, -0.1) is 5.10 Å². The Balaban J connectivity index is 1.44. The first-order valence-corrected chi connectivity index (χ1v) is 9.37. The first-order chi connectivity index (χ1) is 13.6. The zero-order valence-corrected chi connectivity index (χ0v) is 15.8. The molecular formula is C18H18FN7OS. The van der Waals surface area contributed by atoms with Gasteiger partial charge in [0.15, 0.2) is 0 Å². The smallest absolute Gasteiger partial charge is 0.240 e. The second-order valence-corrected chi connectivity index (χ2v) is 6.62. The number of thioether (sulfide) groups is 1. The number of amides is 1. The van der Waals surface area contributed by atoms with Gasteiger partial charge in [-0.05, 0) is 36.8 Å². The molecule has 0 saturated carbocycles. The lowest BCUT2D eigenvalue weighted by Gasteiger charge is -2.04. The molecule has 0 aliphatic heterocycles. The second kappa shape index (κ2) is 9.60. The number of benzene rings is 1. The number of aromatic nitrogens is 4. The number of aromatic amines is 1. The van der Waals surface area contributed by atoms with E-state index in [1.807, 2.05) is 25.1 Å². The van der Waals surface area contributed by atoms with Crippen molar-refractivity contribution in [1.82, 2.24) is 25.5 Å². The molecule has 0 aliphatic carbocycles. The predicted molar refractivity (Wildman–Crippen MR) is 105 cm³/mol. The molecule has 10 heteroatoms. The molecule has 3 aromatic rings. The highest BCUT2D eigenvalue weighted by Gasteiger charge is 2.08. The number of hydrazone groups is 1. The minimum atomic E-state index is -0.306. The Hall–Kier alpha value is -3.27. The van der Waals surface area contributed by atoms with E-state index in [2.05, 4.69) is 36.0 Å². The van der Waals surface area contributed by atoms with E-state index in [9.17, 15) is 9.18 Å².